The summed E-state index contributed by atoms with van der Waals surface area (Å²) in [6.45, 7) is 1.48. The molecule has 1 fully saturated rings. The maximum Gasteiger partial charge on any atom is 0.307 e. The predicted molar refractivity (Wildman–Crippen MR) is 73.5 cm³/mol. The van der Waals surface area contributed by atoms with Crippen molar-refractivity contribution in [2.75, 3.05) is 5.32 Å². The summed E-state index contributed by atoms with van der Waals surface area (Å²) in [6.07, 6.45) is 1.92. The van der Waals surface area contributed by atoms with E-state index >= 15 is 0 Å². The summed E-state index contributed by atoms with van der Waals surface area (Å²) in [7, 11) is 0. The van der Waals surface area contributed by atoms with Gasteiger partial charge in [-0.1, -0.05) is 6.42 Å². The van der Waals surface area contributed by atoms with Gasteiger partial charge in [-0.05, 0) is 44.0 Å². The number of hydrogen-bond donors (Lipinski definition) is 2. The van der Waals surface area contributed by atoms with Crippen LogP contribution >= 0.6 is 0 Å². The van der Waals surface area contributed by atoms with Gasteiger partial charge in [0.15, 0.2) is 5.78 Å². The fourth-order valence-corrected chi connectivity index (χ4v) is 2.59. The van der Waals surface area contributed by atoms with E-state index in [9.17, 15) is 14.4 Å². The highest BCUT2D eigenvalue weighted by atomic mass is 16.4. The molecule has 0 aliphatic heterocycles. The molecule has 2 unspecified atom stereocenters. The fourth-order valence-electron chi connectivity index (χ4n) is 2.59. The molecule has 0 saturated heterocycles. The standard InChI is InChI=1S/C15H17NO4/c1-9(17)10-5-7-11(8-6-10)16-14(18)12-3-2-4-13(12)15(19)20/h5-8,12-13H,2-4H2,1H3,(H,16,18)(H,19,20). The Kier molecular flexibility index (Phi) is 4.17. The van der Waals surface area contributed by atoms with E-state index in [1.807, 2.05) is 0 Å². The Labute approximate surface area is 117 Å². The Morgan fingerprint density at radius 1 is 1.10 bits per heavy atom. The van der Waals surface area contributed by atoms with Crippen molar-refractivity contribution in [1.29, 1.82) is 0 Å². The number of hydrogen-bond acceptors (Lipinski definition) is 3. The van der Waals surface area contributed by atoms with E-state index in [-0.39, 0.29) is 11.7 Å². The third-order valence-corrected chi connectivity index (χ3v) is 3.73. The van der Waals surface area contributed by atoms with Crippen LogP contribution in [-0.4, -0.2) is 22.8 Å². The van der Waals surface area contributed by atoms with Crippen LogP contribution in [0.2, 0.25) is 0 Å². The van der Waals surface area contributed by atoms with Crippen LogP contribution in [0.3, 0.4) is 0 Å². The normalized spacial score (nSPS) is 21.4. The lowest BCUT2D eigenvalue weighted by atomic mass is 9.95. The first-order valence-corrected chi connectivity index (χ1v) is 6.63. The van der Waals surface area contributed by atoms with Gasteiger partial charge >= 0.3 is 5.97 Å². The van der Waals surface area contributed by atoms with Gasteiger partial charge in [0, 0.05) is 11.3 Å². The van der Waals surface area contributed by atoms with Crippen molar-refractivity contribution in [2.24, 2.45) is 11.8 Å². The number of nitrogens with one attached hydrogen (secondary N) is 1. The molecule has 0 bridgehead atoms. The number of anilines is 1. The number of carboxylic acid groups (broad SMARTS) is 1. The van der Waals surface area contributed by atoms with Crippen molar-refractivity contribution in [3.63, 3.8) is 0 Å². The van der Waals surface area contributed by atoms with Crippen LogP contribution < -0.4 is 5.32 Å². The SMILES string of the molecule is CC(=O)c1ccc(NC(=O)C2CCCC2C(=O)O)cc1. The van der Waals surface area contributed by atoms with Gasteiger partial charge in [0.1, 0.15) is 0 Å². The minimum atomic E-state index is -0.908. The van der Waals surface area contributed by atoms with Crippen LogP contribution in [0.25, 0.3) is 0 Å². The van der Waals surface area contributed by atoms with Crippen molar-refractivity contribution in [2.45, 2.75) is 26.2 Å². The molecule has 2 rings (SSSR count). The predicted octanol–water partition coefficient (Wildman–Crippen LogP) is 2.33. The fraction of sp³-hybridized carbons (Fsp3) is 0.400. The summed E-state index contributed by atoms with van der Waals surface area (Å²) < 4.78 is 0. The third kappa shape index (κ3) is 3.04. The van der Waals surface area contributed by atoms with Crippen molar-refractivity contribution < 1.29 is 19.5 Å². The Balaban J connectivity index is 2.04. The lowest BCUT2D eigenvalue weighted by Crippen LogP contribution is -2.29. The molecule has 0 spiro atoms. The first kappa shape index (κ1) is 14.2. The van der Waals surface area contributed by atoms with Gasteiger partial charge < -0.3 is 10.4 Å². The maximum absolute atomic E-state index is 12.1. The zero-order valence-electron chi connectivity index (χ0n) is 11.3. The van der Waals surface area contributed by atoms with Crippen LogP contribution in [0.15, 0.2) is 24.3 Å². The van der Waals surface area contributed by atoms with Crippen molar-refractivity contribution in [3.8, 4) is 0 Å². The second kappa shape index (κ2) is 5.86. The minimum absolute atomic E-state index is 0.0374. The highest BCUT2D eigenvalue weighted by Gasteiger charge is 2.37. The molecule has 1 aromatic carbocycles. The molecule has 20 heavy (non-hydrogen) atoms. The van der Waals surface area contributed by atoms with Gasteiger partial charge in [0.05, 0.1) is 11.8 Å². The second-order valence-electron chi connectivity index (χ2n) is 5.10. The molecule has 1 saturated carbocycles. The number of carbonyl (C=O) groups is 3. The summed E-state index contributed by atoms with van der Waals surface area (Å²) in [5, 5.41) is 11.8. The third-order valence-electron chi connectivity index (χ3n) is 3.73. The number of amides is 1. The van der Waals surface area contributed by atoms with Crippen LogP contribution in [-0.2, 0) is 9.59 Å². The van der Waals surface area contributed by atoms with E-state index in [0.717, 1.165) is 6.42 Å². The van der Waals surface area contributed by atoms with Crippen LogP contribution in [0, 0.1) is 11.8 Å². The summed E-state index contributed by atoms with van der Waals surface area (Å²) in [6, 6.07) is 6.58. The number of benzene rings is 1. The first-order valence-electron chi connectivity index (χ1n) is 6.63. The molecule has 0 radical (unpaired) electrons. The number of carboxylic acids is 1. The Hall–Kier alpha value is -2.17. The van der Waals surface area contributed by atoms with Crippen molar-refractivity contribution >= 4 is 23.3 Å². The average Bonchev–Trinajstić information content (AvgIpc) is 2.88. The number of Topliss-reactive ketones (excluding diaryl/α,β-unsaturated/α-hetero) is 1. The van der Waals surface area contributed by atoms with E-state index in [2.05, 4.69) is 5.32 Å². The van der Waals surface area contributed by atoms with Gasteiger partial charge in [-0.15, -0.1) is 0 Å². The highest BCUT2D eigenvalue weighted by molar-refractivity contribution is 5.97. The van der Waals surface area contributed by atoms with E-state index in [0.29, 0.717) is 24.1 Å². The van der Waals surface area contributed by atoms with Gasteiger partial charge in [-0.25, -0.2) is 0 Å². The largest absolute Gasteiger partial charge is 0.481 e. The molecular formula is C15H17NO4. The molecule has 1 aromatic rings. The Morgan fingerprint density at radius 3 is 2.25 bits per heavy atom. The summed E-state index contributed by atoms with van der Waals surface area (Å²) in [4.78, 5) is 34.3. The first-order chi connectivity index (χ1) is 9.49. The van der Waals surface area contributed by atoms with Crippen LogP contribution in [0.5, 0.6) is 0 Å². The highest BCUT2D eigenvalue weighted by Crippen LogP contribution is 2.32. The van der Waals surface area contributed by atoms with E-state index in [1.165, 1.54) is 6.92 Å². The van der Waals surface area contributed by atoms with Crippen molar-refractivity contribution in [1.82, 2.24) is 0 Å². The van der Waals surface area contributed by atoms with Crippen LogP contribution in [0.1, 0.15) is 36.5 Å². The molecule has 1 aliphatic rings. The van der Waals surface area contributed by atoms with E-state index in [1.54, 1.807) is 24.3 Å². The zero-order valence-corrected chi connectivity index (χ0v) is 11.3. The monoisotopic (exact) mass is 275 g/mol. The van der Waals surface area contributed by atoms with E-state index < -0.39 is 17.8 Å². The Morgan fingerprint density at radius 2 is 1.70 bits per heavy atom. The smallest absolute Gasteiger partial charge is 0.307 e. The molecular weight excluding hydrogens is 258 g/mol. The average molecular weight is 275 g/mol. The molecule has 5 heteroatoms. The molecule has 5 nitrogen and oxygen atoms in total. The number of ketones is 1. The van der Waals surface area contributed by atoms with Gasteiger partial charge in [-0.3, -0.25) is 14.4 Å². The van der Waals surface area contributed by atoms with Gasteiger partial charge in [0.2, 0.25) is 5.91 Å². The zero-order chi connectivity index (χ0) is 14.7. The van der Waals surface area contributed by atoms with E-state index in [4.69, 9.17) is 5.11 Å². The lowest BCUT2D eigenvalue weighted by molar-refractivity contribution is -0.145. The summed E-state index contributed by atoms with van der Waals surface area (Å²) in [5.74, 6) is -2.27. The number of rotatable bonds is 4. The molecule has 2 atom stereocenters. The molecule has 0 heterocycles. The molecule has 106 valence electrons. The molecule has 1 aliphatic carbocycles. The minimum Gasteiger partial charge on any atom is -0.481 e. The van der Waals surface area contributed by atoms with Crippen molar-refractivity contribution in [3.05, 3.63) is 29.8 Å². The quantitative estimate of drug-likeness (QED) is 0.826. The molecule has 0 aromatic heterocycles. The number of aliphatic carboxylic acids is 1. The molecule has 1 amide bonds. The lowest BCUT2D eigenvalue weighted by Gasteiger charge is -2.15. The molecule has 2 N–H and O–H groups in total. The number of carbonyl (C=O) groups excluding carboxylic acids is 2. The van der Waals surface area contributed by atoms with Gasteiger partial charge in [-0.2, -0.15) is 0 Å². The van der Waals surface area contributed by atoms with Crippen LogP contribution in [0.4, 0.5) is 5.69 Å². The topological polar surface area (TPSA) is 83.5 Å². The maximum atomic E-state index is 12.1. The summed E-state index contributed by atoms with van der Waals surface area (Å²) >= 11 is 0. The van der Waals surface area contributed by atoms with Gasteiger partial charge in [0.25, 0.3) is 0 Å². The Bertz CT molecular complexity index is 535. The summed E-state index contributed by atoms with van der Waals surface area (Å²) in [5.41, 5.74) is 1.16. The second-order valence-corrected chi connectivity index (χ2v) is 5.10.